The van der Waals surface area contributed by atoms with Gasteiger partial charge in [0.15, 0.2) is 0 Å². The average molecular weight is 376 g/mol. The summed E-state index contributed by atoms with van der Waals surface area (Å²) in [5.74, 6) is 0.0662. The van der Waals surface area contributed by atoms with Crippen LogP contribution in [0.5, 0.6) is 0 Å². The molecule has 26 heavy (non-hydrogen) atoms. The number of rotatable bonds is 4. The van der Waals surface area contributed by atoms with Crippen LogP contribution in [-0.2, 0) is 16.1 Å². The SMILES string of the molecule is O=C1[C@H]2CCCC[C@@H]2C(=O)N1CN1CCN(Cc2ccc(Cl)cc2)CC1. The lowest BCUT2D eigenvalue weighted by Gasteiger charge is -2.36. The molecule has 2 saturated heterocycles. The van der Waals surface area contributed by atoms with Gasteiger partial charge in [-0.1, -0.05) is 36.6 Å². The van der Waals surface area contributed by atoms with Crippen molar-refractivity contribution in [3.8, 4) is 0 Å². The molecule has 1 aromatic carbocycles. The summed E-state index contributed by atoms with van der Waals surface area (Å²) in [6.07, 6.45) is 3.94. The molecule has 3 fully saturated rings. The van der Waals surface area contributed by atoms with Gasteiger partial charge in [0, 0.05) is 37.7 Å². The minimum absolute atomic E-state index is 0.0394. The van der Waals surface area contributed by atoms with E-state index in [4.69, 9.17) is 11.6 Å². The Hall–Kier alpha value is -1.43. The van der Waals surface area contributed by atoms with Crippen molar-refractivity contribution in [3.05, 3.63) is 34.9 Å². The Bertz CT molecular complexity index is 646. The normalized spacial score (nSPS) is 27.8. The highest BCUT2D eigenvalue weighted by atomic mass is 35.5. The van der Waals surface area contributed by atoms with Gasteiger partial charge in [0.1, 0.15) is 0 Å². The molecule has 0 unspecified atom stereocenters. The standard InChI is InChI=1S/C20H26ClN3O2/c21-16-7-5-15(6-8-16)13-22-9-11-23(12-10-22)14-24-19(25)17-3-1-2-4-18(17)20(24)26/h5-8,17-18H,1-4,9-14H2/t17-,18-/m0/s1. The molecule has 2 heterocycles. The fourth-order valence-corrected chi connectivity index (χ4v) is 4.63. The molecular weight excluding hydrogens is 350 g/mol. The molecule has 5 nitrogen and oxygen atoms in total. The zero-order valence-electron chi connectivity index (χ0n) is 15.1. The number of fused-ring (bicyclic) bond motifs is 1. The van der Waals surface area contributed by atoms with Gasteiger partial charge in [0.05, 0.1) is 18.5 Å². The number of benzene rings is 1. The van der Waals surface area contributed by atoms with Crippen LogP contribution in [0.3, 0.4) is 0 Å². The van der Waals surface area contributed by atoms with Gasteiger partial charge in [0.25, 0.3) is 0 Å². The number of imide groups is 1. The number of carbonyl (C=O) groups is 2. The Morgan fingerprint density at radius 2 is 1.38 bits per heavy atom. The third-order valence-electron chi connectivity index (χ3n) is 6.06. The quantitative estimate of drug-likeness (QED) is 0.759. The molecule has 2 amide bonds. The molecule has 3 aliphatic rings. The lowest BCUT2D eigenvalue weighted by molar-refractivity contribution is -0.142. The van der Waals surface area contributed by atoms with Crippen molar-refractivity contribution in [1.29, 1.82) is 0 Å². The van der Waals surface area contributed by atoms with Gasteiger partial charge in [-0.05, 0) is 30.5 Å². The number of halogens is 1. The third-order valence-corrected chi connectivity index (χ3v) is 6.31. The van der Waals surface area contributed by atoms with Gasteiger partial charge in [-0.2, -0.15) is 0 Å². The van der Waals surface area contributed by atoms with E-state index in [0.29, 0.717) is 6.67 Å². The number of amides is 2. The van der Waals surface area contributed by atoms with Crippen LogP contribution < -0.4 is 0 Å². The van der Waals surface area contributed by atoms with Crippen molar-refractivity contribution >= 4 is 23.4 Å². The molecule has 0 bridgehead atoms. The fourth-order valence-electron chi connectivity index (χ4n) is 4.51. The van der Waals surface area contributed by atoms with E-state index >= 15 is 0 Å². The molecule has 2 aliphatic heterocycles. The summed E-state index contributed by atoms with van der Waals surface area (Å²) in [6.45, 7) is 5.06. The summed E-state index contributed by atoms with van der Waals surface area (Å²) in [5, 5.41) is 0.763. The van der Waals surface area contributed by atoms with Crippen molar-refractivity contribution < 1.29 is 9.59 Å². The Labute approximate surface area is 159 Å². The van der Waals surface area contributed by atoms with Gasteiger partial charge in [-0.3, -0.25) is 24.3 Å². The van der Waals surface area contributed by atoms with Crippen LogP contribution in [0, 0.1) is 11.8 Å². The van der Waals surface area contributed by atoms with Crippen molar-refractivity contribution in [2.75, 3.05) is 32.8 Å². The van der Waals surface area contributed by atoms with E-state index in [1.165, 1.54) is 10.5 Å². The van der Waals surface area contributed by atoms with Gasteiger partial charge < -0.3 is 0 Å². The zero-order chi connectivity index (χ0) is 18.1. The summed E-state index contributed by atoms with van der Waals surface area (Å²) in [6, 6.07) is 7.99. The molecule has 0 radical (unpaired) electrons. The minimum atomic E-state index is -0.0394. The second kappa shape index (κ2) is 7.67. The zero-order valence-corrected chi connectivity index (χ0v) is 15.8. The molecule has 0 aromatic heterocycles. The summed E-state index contributed by atoms with van der Waals surface area (Å²) >= 11 is 5.94. The maximum atomic E-state index is 12.6. The highest BCUT2D eigenvalue weighted by molar-refractivity contribution is 6.30. The van der Waals surface area contributed by atoms with Crippen LogP contribution in [0.25, 0.3) is 0 Å². The highest BCUT2D eigenvalue weighted by Crippen LogP contribution is 2.38. The van der Waals surface area contributed by atoms with Crippen LogP contribution in [0.4, 0.5) is 0 Å². The van der Waals surface area contributed by atoms with E-state index in [9.17, 15) is 9.59 Å². The van der Waals surface area contributed by atoms with Crippen molar-refractivity contribution in [1.82, 2.24) is 14.7 Å². The smallest absolute Gasteiger partial charge is 0.234 e. The number of likely N-dealkylation sites (tertiary alicyclic amines) is 1. The van der Waals surface area contributed by atoms with Crippen LogP contribution in [0.2, 0.25) is 5.02 Å². The summed E-state index contributed by atoms with van der Waals surface area (Å²) in [4.78, 5) is 31.4. The Morgan fingerprint density at radius 1 is 0.846 bits per heavy atom. The molecule has 6 heteroatoms. The van der Waals surface area contributed by atoms with E-state index in [-0.39, 0.29) is 23.7 Å². The fraction of sp³-hybridized carbons (Fsp3) is 0.600. The predicted molar refractivity (Wildman–Crippen MR) is 100 cm³/mol. The number of piperazine rings is 1. The number of hydrogen-bond donors (Lipinski definition) is 0. The van der Waals surface area contributed by atoms with E-state index in [1.807, 2.05) is 12.1 Å². The van der Waals surface area contributed by atoms with Crippen LogP contribution in [0.15, 0.2) is 24.3 Å². The Balaban J connectivity index is 1.29. The molecule has 1 aromatic rings. The number of hydrogen-bond acceptors (Lipinski definition) is 4. The lowest BCUT2D eigenvalue weighted by Crippen LogP contribution is -2.51. The first-order valence-electron chi connectivity index (χ1n) is 9.66. The van der Waals surface area contributed by atoms with Crippen LogP contribution in [0.1, 0.15) is 31.2 Å². The van der Waals surface area contributed by atoms with E-state index in [2.05, 4.69) is 21.9 Å². The van der Waals surface area contributed by atoms with Crippen LogP contribution in [-0.4, -0.2) is 59.4 Å². The van der Waals surface area contributed by atoms with E-state index in [1.54, 1.807) is 0 Å². The molecule has 0 N–H and O–H groups in total. The monoisotopic (exact) mass is 375 g/mol. The second-order valence-corrected chi connectivity index (χ2v) is 8.20. The number of nitrogens with zero attached hydrogens (tertiary/aromatic N) is 3. The first kappa shape index (κ1) is 18.0. The Morgan fingerprint density at radius 3 is 1.96 bits per heavy atom. The van der Waals surface area contributed by atoms with Gasteiger partial charge in [-0.15, -0.1) is 0 Å². The molecule has 1 aliphatic carbocycles. The molecule has 140 valence electrons. The third kappa shape index (κ3) is 3.66. The first-order chi connectivity index (χ1) is 12.6. The first-order valence-corrected chi connectivity index (χ1v) is 10.0. The van der Waals surface area contributed by atoms with Crippen molar-refractivity contribution in [2.24, 2.45) is 11.8 Å². The average Bonchev–Trinajstić information content (AvgIpc) is 2.90. The summed E-state index contributed by atoms with van der Waals surface area (Å²) in [7, 11) is 0. The largest absolute Gasteiger partial charge is 0.297 e. The van der Waals surface area contributed by atoms with Gasteiger partial charge >= 0.3 is 0 Å². The van der Waals surface area contributed by atoms with Crippen molar-refractivity contribution in [2.45, 2.75) is 32.2 Å². The molecule has 4 rings (SSSR count). The summed E-state index contributed by atoms with van der Waals surface area (Å²) in [5.41, 5.74) is 1.26. The topological polar surface area (TPSA) is 43.9 Å². The molecule has 1 saturated carbocycles. The van der Waals surface area contributed by atoms with E-state index in [0.717, 1.165) is 63.4 Å². The Kier molecular flexibility index (Phi) is 5.30. The molecular formula is C20H26ClN3O2. The number of carbonyl (C=O) groups excluding carboxylic acids is 2. The summed E-state index contributed by atoms with van der Waals surface area (Å²) < 4.78 is 0. The lowest BCUT2D eigenvalue weighted by atomic mass is 9.81. The molecule has 0 spiro atoms. The van der Waals surface area contributed by atoms with E-state index < -0.39 is 0 Å². The van der Waals surface area contributed by atoms with Gasteiger partial charge in [0.2, 0.25) is 11.8 Å². The van der Waals surface area contributed by atoms with Crippen LogP contribution >= 0.6 is 11.6 Å². The maximum absolute atomic E-state index is 12.6. The van der Waals surface area contributed by atoms with Gasteiger partial charge in [-0.25, -0.2) is 0 Å². The second-order valence-electron chi connectivity index (χ2n) is 7.76. The van der Waals surface area contributed by atoms with Crippen molar-refractivity contribution in [3.63, 3.8) is 0 Å². The molecule has 2 atom stereocenters. The minimum Gasteiger partial charge on any atom is -0.297 e. The maximum Gasteiger partial charge on any atom is 0.234 e. The highest BCUT2D eigenvalue weighted by Gasteiger charge is 2.48. The predicted octanol–water partition coefficient (Wildman–Crippen LogP) is 2.59.